The molecule has 0 aromatic rings. The van der Waals surface area contributed by atoms with Crippen LogP contribution in [0.15, 0.2) is 0 Å². The molecular formula is C15H28O. The van der Waals surface area contributed by atoms with E-state index in [1.165, 1.54) is 32.1 Å². The Morgan fingerprint density at radius 1 is 0.938 bits per heavy atom. The molecule has 0 saturated heterocycles. The van der Waals surface area contributed by atoms with Crippen molar-refractivity contribution in [1.29, 1.82) is 0 Å². The first-order valence-corrected chi connectivity index (χ1v) is 6.90. The molecule has 0 aliphatic heterocycles. The van der Waals surface area contributed by atoms with Crippen molar-refractivity contribution in [1.82, 2.24) is 0 Å². The van der Waals surface area contributed by atoms with E-state index < -0.39 is 0 Å². The van der Waals surface area contributed by atoms with E-state index in [-0.39, 0.29) is 12.0 Å². The predicted molar refractivity (Wildman–Crippen MR) is 71.2 cm³/mol. The van der Waals surface area contributed by atoms with E-state index in [1.807, 2.05) is 0 Å². The van der Waals surface area contributed by atoms with Gasteiger partial charge in [-0.25, -0.2) is 0 Å². The molecule has 94 valence electrons. The van der Waals surface area contributed by atoms with Crippen LogP contribution in [0.2, 0.25) is 0 Å². The summed E-state index contributed by atoms with van der Waals surface area (Å²) in [5, 5.41) is 9.97. The molecule has 0 aliphatic rings. The third-order valence-electron chi connectivity index (χ3n) is 3.15. The minimum atomic E-state index is -0.279. The molecule has 0 unspecified atom stereocenters. The Morgan fingerprint density at radius 3 is 2.06 bits per heavy atom. The minimum absolute atomic E-state index is 0.0770. The van der Waals surface area contributed by atoms with E-state index >= 15 is 0 Å². The van der Waals surface area contributed by atoms with Crippen molar-refractivity contribution in [3.8, 4) is 12.3 Å². The summed E-state index contributed by atoms with van der Waals surface area (Å²) in [6.45, 7) is 4.39. The maximum Gasteiger partial charge on any atom is 0.0677 e. The van der Waals surface area contributed by atoms with Gasteiger partial charge < -0.3 is 5.11 Å². The molecule has 16 heavy (non-hydrogen) atoms. The summed E-state index contributed by atoms with van der Waals surface area (Å²) in [5.41, 5.74) is 0. The van der Waals surface area contributed by atoms with Crippen molar-refractivity contribution in [2.75, 3.05) is 0 Å². The molecular weight excluding hydrogens is 196 g/mol. The van der Waals surface area contributed by atoms with E-state index in [2.05, 4.69) is 19.8 Å². The zero-order valence-corrected chi connectivity index (χ0v) is 11.0. The second-order valence-electron chi connectivity index (χ2n) is 4.69. The van der Waals surface area contributed by atoms with Crippen molar-refractivity contribution in [3.05, 3.63) is 0 Å². The van der Waals surface area contributed by atoms with Gasteiger partial charge in [-0.1, -0.05) is 58.8 Å². The van der Waals surface area contributed by atoms with Crippen molar-refractivity contribution in [2.24, 2.45) is 5.92 Å². The minimum Gasteiger partial charge on any atom is -0.392 e. The number of hydrogen-bond acceptors (Lipinski definition) is 1. The highest BCUT2D eigenvalue weighted by molar-refractivity contribution is 4.96. The van der Waals surface area contributed by atoms with Crippen LogP contribution in [-0.2, 0) is 0 Å². The Balaban J connectivity index is 3.65. The van der Waals surface area contributed by atoms with Gasteiger partial charge in [0.2, 0.25) is 0 Å². The van der Waals surface area contributed by atoms with Crippen LogP contribution in [0.3, 0.4) is 0 Å². The lowest BCUT2D eigenvalue weighted by Gasteiger charge is -2.17. The SMILES string of the molecule is C#C[C@H](CCCCC)[C@H](O)CCCCCC. The Bertz CT molecular complexity index is 180. The van der Waals surface area contributed by atoms with Gasteiger partial charge in [0.1, 0.15) is 0 Å². The molecule has 0 aliphatic carbocycles. The Kier molecular flexibility index (Phi) is 10.7. The van der Waals surface area contributed by atoms with Crippen LogP contribution in [0, 0.1) is 18.3 Å². The first-order chi connectivity index (χ1) is 7.76. The van der Waals surface area contributed by atoms with Crippen LogP contribution in [0.4, 0.5) is 0 Å². The van der Waals surface area contributed by atoms with Gasteiger partial charge in [-0.05, 0) is 12.8 Å². The molecule has 0 aromatic carbocycles. The predicted octanol–water partition coefficient (Wildman–Crippen LogP) is 4.15. The summed E-state index contributed by atoms with van der Waals surface area (Å²) in [6, 6.07) is 0. The smallest absolute Gasteiger partial charge is 0.0677 e. The first-order valence-electron chi connectivity index (χ1n) is 6.90. The van der Waals surface area contributed by atoms with Gasteiger partial charge in [-0.15, -0.1) is 12.3 Å². The molecule has 0 bridgehead atoms. The standard InChI is InChI=1S/C15H28O/c1-4-7-9-11-13-15(16)14(6-3)12-10-8-5-2/h3,14-16H,4-5,7-13H2,1-2H3/t14-,15-/m1/s1. The monoisotopic (exact) mass is 224 g/mol. The Hall–Kier alpha value is -0.480. The lowest BCUT2D eigenvalue weighted by atomic mass is 9.92. The van der Waals surface area contributed by atoms with Gasteiger partial charge in [0.15, 0.2) is 0 Å². The van der Waals surface area contributed by atoms with Crippen LogP contribution in [0.25, 0.3) is 0 Å². The summed E-state index contributed by atoms with van der Waals surface area (Å²) < 4.78 is 0. The van der Waals surface area contributed by atoms with Crippen LogP contribution in [-0.4, -0.2) is 11.2 Å². The number of aliphatic hydroxyl groups is 1. The van der Waals surface area contributed by atoms with Gasteiger partial charge in [0.05, 0.1) is 6.10 Å². The van der Waals surface area contributed by atoms with E-state index in [1.54, 1.807) is 0 Å². The highest BCUT2D eigenvalue weighted by atomic mass is 16.3. The van der Waals surface area contributed by atoms with Crippen molar-refractivity contribution in [3.63, 3.8) is 0 Å². The quantitative estimate of drug-likeness (QED) is 0.436. The molecule has 0 amide bonds. The largest absolute Gasteiger partial charge is 0.392 e. The van der Waals surface area contributed by atoms with Crippen LogP contribution in [0.1, 0.15) is 71.6 Å². The van der Waals surface area contributed by atoms with Gasteiger partial charge in [0.25, 0.3) is 0 Å². The fourth-order valence-corrected chi connectivity index (χ4v) is 1.98. The van der Waals surface area contributed by atoms with Gasteiger partial charge >= 0.3 is 0 Å². The first kappa shape index (κ1) is 15.5. The molecule has 0 heterocycles. The fraction of sp³-hybridized carbons (Fsp3) is 0.867. The lowest BCUT2D eigenvalue weighted by molar-refractivity contribution is 0.116. The molecule has 1 nitrogen and oxygen atoms in total. The number of unbranched alkanes of at least 4 members (excludes halogenated alkanes) is 5. The van der Waals surface area contributed by atoms with Gasteiger partial charge in [0, 0.05) is 5.92 Å². The normalized spacial score (nSPS) is 14.4. The maximum absolute atomic E-state index is 9.97. The van der Waals surface area contributed by atoms with E-state index in [0.717, 1.165) is 25.7 Å². The topological polar surface area (TPSA) is 20.2 Å². The summed E-state index contributed by atoms with van der Waals surface area (Å²) in [4.78, 5) is 0. The summed E-state index contributed by atoms with van der Waals surface area (Å²) in [6.07, 6.45) is 15.5. The van der Waals surface area contributed by atoms with E-state index in [0.29, 0.717) is 0 Å². The molecule has 0 radical (unpaired) electrons. The summed E-state index contributed by atoms with van der Waals surface area (Å²) in [5.74, 6) is 2.83. The molecule has 0 spiro atoms. The van der Waals surface area contributed by atoms with Crippen molar-refractivity contribution < 1.29 is 5.11 Å². The Labute approximate surface area is 102 Å². The average molecular weight is 224 g/mol. The van der Waals surface area contributed by atoms with Crippen LogP contribution in [0.5, 0.6) is 0 Å². The summed E-state index contributed by atoms with van der Waals surface area (Å²) in [7, 11) is 0. The van der Waals surface area contributed by atoms with Crippen molar-refractivity contribution in [2.45, 2.75) is 77.7 Å². The van der Waals surface area contributed by atoms with Crippen LogP contribution >= 0.6 is 0 Å². The number of terminal acetylenes is 1. The fourth-order valence-electron chi connectivity index (χ4n) is 1.98. The highest BCUT2D eigenvalue weighted by Gasteiger charge is 2.15. The summed E-state index contributed by atoms with van der Waals surface area (Å²) >= 11 is 0. The van der Waals surface area contributed by atoms with Crippen molar-refractivity contribution >= 4 is 0 Å². The molecule has 1 N–H and O–H groups in total. The number of hydrogen-bond donors (Lipinski definition) is 1. The second kappa shape index (κ2) is 11.0. The molecule has 0 rings (SSSR count). The second-order valence-corrected chi connectivity index (χ2v) is 4.69. The van der Waals surface area contributed by atoms with Gasteiger partial charge in [-0.2, -0.15) is 0 Å². The molecule has 0 fully saturated rings. The number of rotatable bonds is 10. The third kappa shape index (κ3) is 7.77. The maximum atomic E-state index is 9.97. The van der Waals surface area contributed by atoms with E-state index in [9.17, 15) is 5.11 Å². The molecule has 1 heteroatoms. The van der Waals surface area contributed by atoms with E-state index in [4.69, 9.17) is 6.42 Å². The molecule has 0 saturated carbocycles. The third-order valence-corrected chi connectivity index (χ3v) is 3.15. The molecule has 0 aromatic heterocycles. The lowest BCUT2D eigenvalue weighted by Crippen LogP contribution is -2.18. The average Bonchev–Trinajstić information content (AvgIpc) is 2.30. The number of aliphatic hydroxyl groups excluding tert-OH is 1. The van der Waals surface area contributed by atoms with Crippen LogP contribution < -0.4 is 0 Å². The highest BCUT2D eigenvalue weighted by Crippen LogP contribution is 2.18. The van der Waals surface area contributed by atoms with Gasteiger partial charge in [-0.3, -0.25) is 0 Å². The Morgan fingerprint density at radius 2 is 1.50 bits per heavy atom. The zero-order valence-electron chi connectivity index (χ0n) is 11.0. The molecule has 2 atom stereocenters. The zero-order chi connectivity index (χ0) is 12.2.